The highest BCUT2D eigenvalue weighted by molar-refractivity contribution is 9.08. The van der Waals surface area contributed by atoms with Crippen molar-refractivity contribution in [2.75, 3.05) is 0 Å². The highest BCUT2D eigenvalue weighted by Crippen LogP contribution is 2.31. The van der Waals surface area contributed by atoms with E-state index in [9.17, 15) is 13.2 Å². The van der Waals surface area contributed by atoms with E-state index in [2.05, 4.69) is 25.7 Å². The summed E-state index contributed by atoms with van der Waals surface area (Å²) in [6.07, 6.45) is -3.04. The Morgan fingerprint density at radius 3 is 2.72 bits per heavy atom. The molecule has 0 bridgehead atoms. The molecule has 96 valence electrons. The van der Waals surface area contributed by atoms with Gasteiger partial charge in [-0.15, -0.1) is 24.5 Å². The highest BCUT2D eigenvalue weighted by atomic mass is 79.9. The summed E-state index contributed by atoms with van der Waals surface area (Å²) in [5.41, 5.74) is 0.654. The molecule has 0 aliphatic heterocycles. The topological polar surface area (TPSA) is 22.1 Å². The summed E-state index contributed by atoms with van der Waals surface area (Å²) in [7, 11) is 0. The van der Waals surface area contributed by atoms with E-state index in [1.54, 1.807) is 12.3 Å². The maximum Gasteiger partial charge on any atom is 0.573 e. The van der Waals surface area contributed by atoms with Crippen molar-refractivity contribution in [3.8, 4) is 16.2 Å². The third kappa shape index (κ3) is 3.46. The van der Waals surface area contributed by atoms with E-state index >= 15 is 0 Å². The fourth-order valence-corrected chi connectivity index (χ4v) is 2.60. The van der Waals surface area contributed by atoms with E-state index in [0.29, 0.717) is 10.9 Å². The minimum Gasteiger partial charge on any atom is -0.406 e. The van der Waals surface area contributed by atoms with E-state index in [-0.39, 0.29) is 5.75 Å². The van der Waals surface area contributed by atoms with Gasteiger partial charge in [0.25, 0.3) is 0 Å². The summed E-state index contributed by atoms with van der Waals surface area (Å²) in [6.45, 7) is 0. The molecule has 0 N–H and O–H groups in total. The van der Waals surface area contributed by atoms with Crippen LogP contribution in [-0.2, 0) is 5.33 Å². The van der Waals surface area contributed by atoms with Gasteiger partial charge in [0.1, 0.15) is 10.8 Å². The van der Waals surface area contributed by atoms with Crippen LogP contribution in [0, 0.1) is 0 Å². The molecule has 0 spiro atoms. The molecule has 1 heterocycles. The van der Waals surface area contributed by atoms with Crippen molar-refractivity contribution < 1.29 is 17.9 Å². The number of halogens is 4. The SMILES string of the molecule is FC(F)(F)Oc1cccc(-c2cnc(CBr)s2)c1. The average Bonchev–Trinajstić information content (AvgIpc) is 2.75. The Hall–Kier alpha value is -1.08. The normalized spacial score (nSPS) is 11.6. The smallest absolute Gasteiger partial charge is 0.406 e. The second-order valence-corrected chi connectivity index (χ2v) is 5.00. The molecule has 0 saturated carbocycles. The minimum absolute atomic E-state index is 0.228. The molecule has 2 rings (SSSR count). The molecule has 1 aromatic heterocycles. The Morgan fingerprint density at radius 2 is 2.11 bits per heavy atom. The van der Waals surface area contributed by atoms with Crippen molar-refractivity contribution in [1.82, 2.24) is 4.98 Å². The summed E-state index contributed by atoms with van der Waals surface area (Å²) in [5, 5.41) is 1.49. The van der Waals surface area contributed by atoms with Crippen molar-refractivity contribution in [3.05, 3.63) is 35.5 Å². The first kappa shape index (κ1) is 13.4. The number of aromatic nitrogens is 1. The van der Waals surface area contributed by atoms with Gasteiger partial charge < -0.3 is 4.74 Å². The molecule has 7 heteroatoms. The quantitative estimate of drug-likeness (QED) is 0.763. The van der Waals surface area contributed by atoms with Crippen molar-refractivity contribution in [2.45, 2.75) is 11.7 Å². The van der Waals surface area contributed by atoms with Crippen LogP contribution in [0.5, 0.6) is 5.75 Å². The second kappa shape index (κ2) is 5.27. The molecular formula is C11H7BrF3NOS. The van der Waals surface area contributed by atoms with E-state index in [1.165, 1.54) is 29.5 Å². The van der Waals surface area contributed by atoms with Crippen LogP contribution in [0.3, 0.4) is 0 Å². The molecule has 2 aromatic rings. The third-order valence-corrected chi connectivity index (χ3v) is 3.97. The zero-order chi connectivity index (χ0) is 13.2. The largest absolute Gasteiger partial charge is 0.573 e. The van der Waals surface area contributed by atoms with Crippen molar-refractivity contribution in [3.63, 3.8) is 0 Å². The van der Waals surface area contributed by atoms with Crippen molar-refractivity contribution >= 4 is 27.3 Å². The Bertz CT molecular complexity index is 541. The summed E-state index contributed by atoms with van der Waals surface area (Å²) in [6, 6.07) is 5.85. The van der Waals surface area contributed by atoms with Gasteiger partial charge in [-0.25, -0.2) is 4.98 Å². The van der Waals surface area contributed by atoms with E-state index in [4.69, 9.17) is 0 Å². The van der Waals surface area contributed by atoms with Gasteiger partial charge in [-0.3, -0.25) is 0 Å². The summed E-state index contributed by atoms with van der Waals surface area (Å²) < 4.78 is 40.2. The monoisotopic (exact) mass is 337 g/mol. The van der Waals surface area contributed by atoms with Gasteiger partial charge in [0.15, 0.2) is 0 Å². The number of benzene rings is 1. The molecule has 0 unspecified atom stereocenters. The Kier molecular flexibility index (Phi) is 3.91. The van der Waals surface area contributed by atoms with E-state index < -0.39 is 6.36 Å². The Balaban J connectivity index is 2.26. The van der Waals surface area contributed by atoms with Gasteiger partial charge in [0.2, 0.25) is 0 Å². The lowest BCUT2D eigenvalue weighted by atomic mass is 10.2. The first-order valence-corrected chi connectivity index (χ1v) is 6.78. The Morgan fingerprint density at radius 1 is 1.33 bits per heavy atom. The van der Waals surface area contributed by atoms with E-state index in [1.807, 2.05) is 0 Å². The van der Waals surface area contributed by atoms with Gasteiger partial charge in [0, 0.05) is 6.20 Å². The predicted molar refractivity (Wildman–Crippen MR) is 66.9 cm³/mol. The minimum atomic E-state index is -4.67. The van der Waals surface area contributed by atoms with Crippen LogP contribution in [0.2, 0.25) is 0 Å². The van der Waals surface area contributed by atoms with Gasteiger partial charge in [-0.05, 0) is 17.7 Å². The Labute approximate surface area is 114 Å². The molecule has 0 amide bonds. The summed E-state index contributed by atoms with van der Waals surface area (Å²) >= 11 is 4.69. The van der Waals surface area contributed by atoms with Crippen LogP contribution in [0.25, 0.3) is 10.4 Å². The molecule has 0 aliphatic rings. The van der Waals surface area contributed by atoms with E-state index in [0.717, 1.165) is 9.88 Å². The fourth-order valence-electron chi connectivity index (χ4n) is 1.35. The number of rotatable bonds is 3. The van der Waals surface area contributed by atoms with Gasteiger partial charge in [-0.2, -0.15) is 0 Å². The number of nitrogens with zero attached hydrogens (tertiary/aromatic N) is 1. The lowest BCUT2D eigenvalue weighted by Crippen LogP contribution is -2.17. The maximum absolute atomic E-state index is 12.1. The molecular weight excluding hydrogens is 331 g/mol. The first-order chi connectivity index (χ1) is 8.48. The van der Waals surface area contributed by atoms with Crippen LogP contribution in [0.4, 0.5) is 13.2 Å². The second-order valence-electron chi connectivity index (χ2n) is 3.33. The molecule has 0 saturated heterocycles. The van der Waals surface area contributed by atoms with Crippen LogP contribution in [-0.4, -0.2) is 11.3 Å². The number of thiazole rings is 1. The third-order valence-electron chi connectivity index (χ3n) is 2.02. The lowest BCUT2D eigenvalue weighted by Gasteiger charge is -2.09. The summed E-state index contributed by atoms with van der Waals surface area (Å²) in [5.74, 6) is -0.228. The number of hydrogen-bond acceptors (Lipinski definition) is 3. The molecule has 0 radical (unpaired) electrons. The van der Waals surface area contributed by atoms with Crippen LogP contribution in [0.1, 0.15) is 5.01 Å². The number of ether oxygens (including phenoxy) is 1. The van der Waals surface area contributed by atoms with Crippen LogP contribution in [0.15, 0.2) is 30.5 Å². The zero-order valence-electron chi connectivity index (χ0n) is 8.87. The average molecular weight is 338 g/mol. The fraction of sp³-hybridized carbons (Fsp3) is 0.182. The maximum atomic E-state index is 12.1. The lowest BCUT2D eigenvalue weighted by molar-refractivity contribution is -0.274. The zero-order valence-corrected chi connectivity index (χ0v) is 11.3. The first-order valence-electron chi connectivity index (χ1n) is 4.85. The molecule has 0 fully saturated rings. The number of hydrogen-bond donors (Lipinski definition) is 0. The van der Waals surface area contributed by atoms with Gasteiger partial charge in [0.05, 0.1) is 10.2 Å². The standard InChI is InChI=1S/C11H7BrF3NOS/c12-5-10-16-6-9(18-10)7-2-1-3-8(4-7)17-11(13,14)15/h1-4,6H,5H2. The van der Waals surface area contributed by atoms with Crippen LogP contribution >= 0.6 is 27.3 Å². The van der Waals surface area contributed by atoms with Crippen molar-refractivity contribution in [2.24, 2.45) is 0 Å². The molecule has 0 atom stereocenters. The van der Waals surface area contributed by atoms with Crippen molar-refractivity contribution in [1.29, 1.82) is 0 Å². The molecule has 1 aromatic carbocycles. The van der Waals surface area contributed by atoms with Gasteiger partial charge >= 0.3 is 6.36 Å². The predicted octanol–water partition coefficient (Wildman–Crippen LogP) is 4.60. The highest BCUT2D eigenvalue weighted by Gasteiger charge is 2.31. The van der Waals surface area contributed by atoms with Crippen LogP contribution < -0.4 is 4.74 Å². The molecule has 18 heavy (non-hydrogen) atoms. The number of alkyl halides is 4. The van der Waals surface area contributed by atoms with Gasteiger partial charge in [-0.1, -0.05) is 28.1 Å². The summed E-state index contributed by atoms with van der Waals surface area (Å²) in [4.78, 5) is 4.93. The molecule has 2 nitrogen and oxygen atoms in total. The molecule has 0 aliphatic carbocycles.